The molecule has 0 heterocycles. The van der Waals surface area contributed by atoms with Crippen molar-refractivity contribution in [2.24, 2.45) is 0 Å². The first-order valence-corrected chi connectivity index (χ1v) is 10.8. The summed E-state index contributed by atoms with van der Waals surface area (Å²) in [7, 11) is 0. The molecule has 0 rings (SSSR count). The molecule has 0 spiro atoms. The van der Waals surface area contributed by atoms with Crippen molar-refractivity contribution in [3.05, 3.63) is 37.5 Å². The first-order valence-electron chi connectivity index (χ1n) is 10.8. The number of hydrogen-bond acceptors (Lipinski definition) is 5. The molecule has 0 aromatic carbocycles. The molecular formula is C26H39N5. The first-order chi connectivity index (χ1) is 15.2. The lowest BCUT2D eigenvalue weighted by Crippen LogP contribution is -1.80. The van der Waals surface area contributed by atoms with E-state index in [1.807, 2.05) is 37.3 Å². The van der Waals surface area contributed by atoms with Crippen LogP contribution >= 0.6 is 0 Å². The summed E-state index contributed by atoms with van der Waals surface area (Å²) >= 11 is 0. The summed E-state index contributed by atoms with van der Waals surface area (Å²) in [6.07, 6.45) is 20.5. The topological polar surface area (TPSA) is 119 Å². The summed E-state index contributed by atoms with van der Waals surface area (Å²) in [5, 5.41) is 40.2. The van der Waals surface area contributed by atoms with E-state index >= 15 is 0 Å². The molecule has 0 saturated carbocycles. The first kappa shape index (κ1) is 35.1. The Hall–Kier alpha value is -3.33. The van der Waals surface area contributed by atoms with Gasteiger partial charge in [0.05, 0.1) is 43.2 Å². The Morgan fingerprint density at radius 3 is 1.16 bits per heavy atom. The van der Waals surface area contributed by atoms with Crippen LogP contribution in [0.15, 0.2) is 37.5 Å². The van der Waals surface area contributed by atoms with Crippen LogP contribution in [0, 0.1) is 56.7 Å². The smallest absolute Gasteiger partial charge is 0.0663 e. The van der Waals surface area contributed by atoms with Crippen LogP contribution in [0.2, 0.25) is 0 Å². The molecule has 0 radical (unpaired) electrons. The zero-order valence-corrected chi connectivity index (χ0v) is 19.4. The van der Waals surface area contributed by atoms with E-state index in [1.54, 1.807) is 12.2 Å². The van der Waals surface area contributed by atoms with Crippen molar-refractivity contribution in [1.82, 2.24) is 0 Å². The van der Waals surface area contributed by atoms with Crippen molar-refractivity contribution in [3.63, 3.8) is 0 Å². The number of nitrogens with zero attached hydrogens (tertiary/aromatic N) is 5. The number of rotatable bonds is 13. The second-order valence-corrected chi connectivity index (χ2v) is 6.21. The minimum Gasteiger partial charge on any atom is -0.198 e. The molecule has 168 valence electrons. The van der Waals surface area contributed by atoms with Crippen molar-refractivity contribution in [3.8, 4) is 30.3 Å². The summed E-state index contributed by atoms with van der Waals surface area (Å²) in [4.78, 5) is 0. The molecule has 0 saturated heterocycles. The highest BCUT2D eigenvalue weighted by molar-refractivity contribution is 4.87. The van der Waals surface area contributed by atoms with Crippen LogP contribution in [0.5, 0.6) is 0 Å². The van der Waals surface area contributed by atoms with Gasteiger partial charge in [0.15, 0.2) is 0 Å². The molecule has 0 aliphatic heterocycles. The fourth-order valence-corrected chi connectivity index (χ4v) is 1.87. The molecule has 0 bridgehead atoms. The van der Waals surface area contributed by atoms with Crippen LogP contribution in [0.3, 0.4) is 0 Å². The zero-order chi connectivity index (χ0) is 24.3. The van der Waals surface area contributed by atoms with E-state index in [0.717, 1.165) is 19.3 Å². The summed E-state index contributed by atoms with van der Waals surface area (Å²) < 4.78 is 0. The highest BCUT2D eigenvalue weighted by Gasteiger charge is 1.91. The maximum atomic E-state index is 8.31. The Balaban J connectivity index is -0.000000178. The van der Waals surface area contributed by atoms with Gasteiger partial charge in [0.2, 0.25) is 0 Å². The maximum Gasteiger partial charge on any atom is 0.0663 e. The third-order valence-electron chi connectivity index (χ3n) is 3.47. The van der Waals surface area contributed by atoms with Crippen molar-refractivity contribution in [1.29, 1.82) is 26.3 Å². The fraction of sp³-hybridized carbons (Fsp3) is 0.577. The molecule has 0 aliphatic carbocycles. The van der Waals surface area contributed by atoms with Crippen molar-refractivity contribution >= 4 is 0 Å². The Morgan fingerprint density at radius 2 is 0.968 bits per heavy atom. The van der Waals surface area contributed by atoms with E-state index in [-0.39, 0.29) is 0 Å². The minimum absolute atomic E-state index is 0.458. The van der Waals surface area contributed by atoms with Gasteiger partial charge in [0.1, 0.15) is 0 Å². The maximum absolute atomic E-state index is 8.31. The van der Waals surface area contributed by atoms with Gasteiger partial charge in [0, 0.05) is 19.3 Å². The van der Waals surface area contributed by atoms with Gasteiger partial charge in [-0.2, -0.15) is 26.3 Å². The number of allylic oxidation sites excluding steroid dienone is 4. The fourth-order valence-electron chi connectivity index (χ4n) is 1.87. The molecule has 0 atom stereocenters. The van der Waals surface area contributed by atoms with Gasteiger partial charge in [-0.05, 0) is 26.2 Å². The minimum atomic E-state index is 0.458. The van der Waals surface area contributed by atoms with E-state index in [4.69, 9.17) is 26.3 Å². The van der Waals surface area contributed by atoms with Gasteiger partial charge in [0.25, 0.3) is 0 Å². The number of unbranched alkanes of at least 4 members (excludes halogenated alkanes) is 10. The van der Waals surface area contributed by atoms with Crippen molar-refractivity contribution < 1.29 is 0 Å². The Bertz CT molecular complexity index is 578. The second kappa shape index (κ2) is 45.4. The standard InChI is InChI=1S/C12H20N2.2C5H7N.C4H5N/c13-11-9-7-5-3-1-2-4-6-8-10-12-14;2*1-2-3-4-5-6;1-2-3-4-5/h1-10H2;2-3H,4H2,1H3;2H,1,3-4H2;2H,1,3H2. The van der Waals surface area contributed by atoms with Gasteiger partial charge in [-0.1, -0.05) is 62.8 Å². The highest BCUT2D eigenvalue weighted by atomic mass is 14.2. The van der Waals surface area contributed by atoms with E-state index in [2.05, 4.69) is 25.3 Å². The van der Waals surface area contributed by atoms with Gasteiger partial charge in [-0.3, -0.25) is 0 Å². The van der Waals surface area contributed by atoms with Gasteiger partial charge < -0.3 is 0 Å². The molecule has 31 heavy (non-hydrogen) atoms. The SMILES string of the molecule is C=CCC#N.C=CCCC#N.CC=CCC#N.N#CCCCCCCCCCCC#N. The molecule has 0 aromatic rings. The van der Waals surface area contributed by atoms with Gasteiger partial charge in [-0.25, -0.2) is 0 Å². The van der Waals surface area contributed by atoms with Crippen LogP contribution in [0.4, 0.5) is 0 Å². The average Bonchev–Trinajstić information content (AvgIpc) is 2.79. The largest absolute Gasteiger partial charge is 0.198 e. The molecule has 0 aliphatic rings. The molecule has 0 amide bonds. The van der Waals surface area contributed by atoms with Crippen LogP contribution in [-0.4, -0.2) is 0 Å². The Labute approximate surface area is 191 Å². The van der Waals surface area contributed by atoms with Crippen LogP contribution in [-0.2, 0) is 0 Å². The van der Waals surface area contributed by atoms with E-state index < -0.39 is 0 Å². The highest BCUT2D eigenvalue weighted by Crippen LogP contribution is 2.09. The van der Waals surface area contributed by atoms with Crippen molar-refractivity contribution in [2.75, 3.05) is 0 Å². The lowest BCUT2D eigenvalue weighted by Gasteiger charge is -1.99. The monoisotopic (exact) mass is 421 g/mol. The quantitative estimate of drug-likeness (QED) is 0.220. The van der Waals surface area contributed by atoms with E-state index in [9.17, 15) is 0 Å². The predicted octanol–water partition coefficient (Wildman–Crippen LogP) is 7.97. The molecule has 5 nitrogen and oxygen atoms in total. The third-order valence-corrected chi connectivity index (χ3v) is 3.47. The lowest BCUT2D eigenvalue weighted by atomic mass is 10.1. The molecular weight excluding hydrogens is 382 g/mol. The predicted molar refractivity (Wildman–Crippen MR) is 128 cm³/mol. The lowest BCUT2D eigenvalue weighted by molar-refractivity contribution is 0.573. The normalized spacial score (nSPS) is 8.00. The molecule has 5 heteroatoms. The van der Waals surface area contributed by atoms with E-state index in [1.165, 1.54) is 38.5 Å². The van der Waals surface area contributed by atoms with Crippen LogP contribution in [0.1, 0.15) is 96.8 Å². The molecule has 0 N–H and O–H groups in total. The Morgan fingerprint density at radius 1 is 0.548 bits per heavy atom. The second-order valence-electron chi connectivity index (χ2n) is 6.21. The van der Waals surface area contributed by atoms with Gasteiger partial charge in [-0.15, -0.1) is 13.2 Å². The zero-order valence-electron chi connectivity index (χ0n) is 19.4. The Kier molecular flexibility index (Phi) is 51.5. The summed E-state index contributed by atoms with van der Waals surface area (Å²) in [6, 6.07) is 10.2. The third kappa shape index (κ3) is 66.1. The summed E-state index contributed by atoms with van der Waals surface area (Å²) in [5.41, 5.74) is 0. The van der Waals surface area contributed by atoms with E-state index in [0.29, 0.717) is 32.1 Å². The average molecular weight is 422 g/mol. The van der Waals surface area contributed by atoms with Gasteiger partial charge >= 0.3 is 0 Å². The van der Waals surface area contributed by atoms with Crippen molar-refractivity contribution in [2.45, 2.75) is 96.8 Å². The summed E-state index contributed by atoms with van der Waals surface area (Å²) in [6.45, 7) is 8.68. The number of nitriles is 5. The molecule has 0 fully saturated rings. The molecule has 0 unspecified atom stereocenters. The molecule has 0 aromatic heterocycles. The summed E-state index contributed by atoms with van der Waals surface area (Å²) in [5.74, 6) is 0. The van der Waals surface area contributed by atoms with Crippen LogP contribution in [0.25, 0.3) is 0 Å². The van der Waals surface area contributed by atoms with Crippen LogP contribution < -0.4 is 0 Å². The number of hydrogen-bond donors (Lipinski definition) is 0.